The fourth-order valence-corrected chi connectivity index (χ4v) is 2.38. The molecule has 2 aromatic rings. The van der Waals surface area contributed by atoms with Crippen LogP contribution in [0.2, 0.25) is 0 Å². The van der Waals surface area contributed by atoms with E-state index < -0.39 is 0 Å². The lowest BCUT2D eigenvalue weighted by molar-refractivity contribution is 0.251. The second-order valence-electron chi connectivity index (χ2n) is 5.02. The predicted octanol–water partition coefficient (Wildman–Crippen LogP) is 2.75. The van der Waals surface area contributed by atoms with Crippen molar-refractivity contribution in [3.8, 4) is 0 Å². The Kier molecular flexibility index (Phi) is 3.83. The monoisotopic (exact) mass is 285 g/mol. The fourth-order valence-electron chi connectivity index (χ4n) is 2.38. The van der Waals surface area contributed by atoms with Gasteiger partial charge in [-0.1, -0.05) is 24.3 Å². The number of hydrogen-bond acceptors (Lipinski definition) is 2. The van der Waals surface area contributed by atoms with Crippen LogP contribution >= 0.6 is 0 Å². The minimum Gasteiger partial charge on any atom is -0.334 e. The van der Waals surface area contributed by atoms with Gasteiger partial charge in [0.1, 0.15) is 5.82 Å². The summed E-state index contributed by atoms with van der Waals surface area (Å²) < 4.78 is 13.0. The summed E-state index contributed by atoms with van der Waals surface area (Å²) in [6.07, 6.45) is 0. The standard InChI is InChI=1S/C16H16FN3O/c17-14-2-1-3-15(7-14)20-16(21)19-8-11-4-5-12-9-18-10-13(12)6-11/h1-7,18H,8-10H2,(H2,19,20,21). The molecule has 0 aliphatic carbocycles. The highest BCUT2D eigenvalue weighted by Gasteiger charge is 2.10. The molecular formula is C16H16FN3O. The Morgan fingerprint density at radius 1 is 1.14 bits per heavy atom. The zero-order valence-electron chi connectivity index (χ0n) is 11.4. The third-order valence-corrected chi connectivity index (χ3v) is 3.44. The van der Waals surface area contributed by atoms with E-state index in [4.69, 9.17) is 0 Å². The number of amides is 2. The third kappa shape index (κ3) is 3.38. The van der Waals surface area contributed by atoms with Crippen LogP contribution in [0.5, 0.6) is 0 Å². The number of fused-ring (bicyclic) bond motifs is 1. The van der Waals surface area contributed by atoms with Crippen molar-refractivity contribution in [3.63, 3.8) is 0 Å². The molecule has 0 atom stereocenters. The van der Waals surface area contributed by atoms with Gasteiger partial charge in [0.25, 0.3) is 0 Å². The molecule has 2 aromatic carbocycles. The minimum absolute atomic E-state index is 0.348. The minimum atomic E-state index is -0.376. The number of halogens is 1. The van der Waals surface area contributed by atoms with Crippen molar-refractivity contribution >= 4 is 11.7 Å². The summed E-state index contributed by atoms with van der Waals surface area (Å²) >= 11 is 0. The van der Waals surface area contributed by atoms with Gasteiger partial charge in [-0.2, -0.15) is 0 Å². The molecule has 1 aliphatic rings. The molecule has 3 rings (SSSR count). The van der Waals surface area contributed by atoms with Crippen LogP contribution < -0.4 is 16.0 Å². The quantitative estimate of drug-likeness (QED) is 0.812. The summed E-state index contributed by atoms with van der Waals surface area (Å²) in [5, 5.41) is 8.65. The SMILES string of the molecule is O=C(NCc1ccc2c(c1)CNC2)Nc1cccc(F)c1. The smallest absolute Gasteiger partial charge is 0.319 e. The van der Waals surface area contributed by atoms with E-state index in [0.29, 0.717) is 12.2 Å². The summed E-state index contributed by atoms with van der Waals surface area (Å²) in [7, 11) is 0. The Hall–Kier alpha value is -2.40. The maximum Gasteiger partial charge on any atom is 0.319 e. The van der Waals surface area contributed by atoms with Gasteiger partial charge >= 0.3 is 6.03 Å². The van der Waals surface area contributed by atoms with Gasteiger partial charge in [0.05, 0.1) is 0 Å². The molecule has 0 unspecified atom stereocenters. The molecule has 2 amide bonds. The average Bonchev–Trinajstić information content (AvgIpc) is 2.92. The van der Waals surface area contributed by atoms with Gasteiger partial charge in [0.2, 0.25) is 0 Å². The van der Waals surface area contributed by atoms with E-state index in [1.165, 1.54) is 23.3 Å². The lowest BCUT2D eigenvalue weighted by Gasteiger charge is -2.09. The molecular weight excluding hydrogens is 269 g/mol. The number of benzene rings is 2. The van der Waals surface area contributed by atoms with Crippen molar-refractivity contribution in [2.24, 2.45) is 0 Å². The first-order chi connectivity index (χ1) is 10.2. The van der Waals surface area contributed by atoms with Crippen LogP contribution in [-0.2, 0) is 19.6 Å². The Bertz CT molecular complexity index is 672. The molecule has 0 aromatic heterocycles. The van der Waals surface area contributed by atoms with Crippen molar-refractivity contribution in [1.29, 1.82) is 0 Å². The number of carbonyl (C=O) groups excluding carboxylic acids is 1. The topological polar surface area (TPSA) is 53.2 Å². The molecule has 3 N–H and O–H groups in total. The Morgan fingerprint density at radius 2 is 2.00 bits per heavy atom. The fraction of sp³-hybridized carbons (Fsp3) is 0.188. The highest BCUT2D eigenvalue weighted by Crippen LogP contribution is 2.17. The first-order valence-electron chi connectivity index (χ1n) is 6.82. The summed E-state index contributed by atoms with van der Waals surface area (Å²) in [5.74, 6) is -0.376. The number of hydrogen-bond donors (Lipinski definition) is 3. The summed E-state index contributed by atoms with van der Waals surface area (Å²) in [6.45, 7) is 2.22. The molecule has 108 valence electrons. The first-order valence-corrected chi connectivity index (χ1v) is 6.82. The Morgan fingerprint density at radius 3 is 2.86 bits per heavy atom. The van der Waals surface area contributed by atoms with Gasteiger partial charge in [-0.15, -0.1) is 0 Å². The lowest BCUT2D eigenvalue weighted by atomic mass is 10.1. The number of urea groups is 1. The van der Waals surface area contributed by atoms with E-state index in [1.54, 1.807) is 12.1 Å². The lowest BCUT2D eigenvalue weighted by Crippen LogP contribution is -2.28. The number of nitrogens with one attached hydrogen (secondary N) is 3. The van der Waals surface area contributed by atoms with Crippen molar-refractivity contribution in [1.82, 2.24) is 10.6 Å². The maximum atomic E-state index is 13.0. The number of anilines is 1. The zero-order valence-corrected chi connectivity index (χ0v) is 11.4. The molecule has 5 heteroatoms. The number of carbonyl (C=O) groups is 1. The third-order valence-electron chi connectivity index (χ3n) is 3.44. The van der Waals surface area contributed by atoms with Gasteiger partial charge in [0.15, 0.2) is 0 Å². The number of rotatable bonds is 3. The van der Waals surface area contributed by atoms with Crippen molar-refractivity contribution < 1.29 is 9.18 Å². The molecule has 0 spiro atoms. The van der Waals surface area contributed by atoms with Crippen LogP contribution in [0, 0.1) is 5.82 Å². The van der Waals surface area contributed by atoms with Crippen molar-refractivity contribution in [3.05, 3.63) is 65.0 Å². The van der Waals surface area contributed by atoms with E-state index in [1.807, 2.05) is 6.07 Å². The van der Waals surface area contributed by atoms with Crippen LogP contribution in [0.1, 0.15) is 16.7 Å². The van der Waals surface area contributed by atoms with Crippen LogP contribution in [0.4, 0.5) is 14.9 Å². The van der Waals surface area contributed by atoms with E-state index >= 15 is 0 Å². The molecule has 0 fully saturated rings. The highest BCUT2D eigenvalue weighted by atomic mass is 19.1. The summed E-state index contributed by atoms with van der Waals surface area (Å²) in [4.78, 5) is 11.8. The van der Waals surface area contributed by atoms with Crippen molar-refractivity contribution in [2.45, 2.75) is 19.6 Å². The van der Waals surface area contributed by atoms with E-state index in [-0.39, 0.29) is 11.8 Å². The molecule has 1 heterocycles. The average molecular weight is 285 g/mol. The van der Waals surface area contributed by atoms with Gasteiger partial charge < -0.3 is 16.0 Å². The molecule has 21 heavy (non-hydrogen) atoms. The predicted molar refractivity (Wildman–Crippen MR) is 79.2 cm³/mol. The summed E-state index contributed by atoms with van der Waals surface area (Å²) in [5.41, 5.74) is 4.07. The van der Waals surface area contributed by atoms with Crippen LogP contribution in [0.3, 0.4) is 0 Å². The molecule has 0 saturated heterocycles. The van der Waals surface area contributed by atoms with E-state index in [0.717, 1.165) is 18.7 Å². The highest BCUT2D eigenvalue weighted by molar-refractivity contribution is 5.89. The van der Waals surface area contributed by atoms with Gasteiger partial charge in [-0.05, 0) is 34.9 Å². The Balaban J connectivity index is 1.56. The molecule has 4 nitrogen and oxygen atoms in total. The van der Waals surface area contributed by atoms with Gasteiger partial charge in [-0.25, -0.2) is 9.18 Å². The molecule has 0 radical (unpaired) electrons. The Labute approximate surface area is 122 Å². The first kappa shape index (κ1) is 13.6. The molecule has 0 bridgehead atoms. The maximum absolute atomic E-state index is 13.0. The summed E-state index contributed by atoms with van der Waals surface area (Å²) in [6, 6.07) is 11.6. The van der Waals surface area contributed by atoms with Crippen LogP contribution in [-0.4, -0.2) is 6.03 Å². The second kappa shape index (κ2) is 5.93. The molecule has 0 saturated carbocycles. The van der Waals surface area contributed by atoms with Crippen LogP contribution in [0.15, 0.2) is 42.5 Å². The van der Waals surface area contributed by atoms with Gasteiger partial charge in [0, 0.05) is 25.3 Å². The van der Waals surface area contributed by atoms with Gasteiger partial charge in [-0.3, -0.25) is 0 Å². The van der Waals surface area contributed by atoms with Crippen molar-refractivity contribution in [2.75, 3.05) is 5.32 Å². The zero-order chi connectivity index (χ0) is 14.7. The normalized spacial score (nSPS) is 12.8. The van der Waals surface area contributed by atoms with Crippen LogP contribution in [0.25, 0.3) is 0 Å². The largest absolute Gasteiger partial charge is 0.334 e. The second-order valence-corrected chi connectivity index (χ2v) is 5.02. The van der Waals surface area contributed by atoms with E-state index in [2.05, 4.69) is 28.1 Å². The van der Waals surface area contributed by atoms with E-state index in [9.17, 15) is 9.18 Å². The molecule has 1 aliphatic heterocycles.